The van der Waals surface area contributed by atoms with Crippen molar-refractivity contribution in [3.05, 3.63) is 17.7 Å². The van der Waals surface area contributed by atoms with E-state index in [4.69, 9.17) is 5.11 Å². The smallest absolute Gasteiger partial charge is 0.0925 e. The molecule has 0 spiro atoms. The molecule has 3 N–H and O–H groups in total. The molecule has 1 unspecified atom stereocenters. The zero-order valence-electron chi connectivity index (χ0n) is 9.80. The number of rotatable bonds is 6. The van der Waals surface area contributed by atoms with Gasteiger partial charge in [0.25, 0.3) is 0 Å². The van der Waals surface area contributed by atoms with Gasteiger partial charge in [-0.25, -0.2) is 4.98 Å². The first-order chi connectivity index (χ1) is 7.11. The van der Waals surface area contributed by atoms with Gasteiger partial charge in [-0.1, -0.05) is 6.92 Å². The molecule has 0 radical (unpaired) electrons. The summed E-state index contributed by atoms with van der Waals surface area (Å²) in [6.45, 7) is 7.24. The van der Waals surface area contributed by atoms with Crippen molar-refractivity contribution in [2.45, 2.75) is 45.7 Å². The van der Waals surface area contributed by atoms with E-state index in [1.54, 1.807) is 6.33 Å². The monoisotopic (exact) mass is 211 g/mol. The zero-order valence-corrected chi connectivity index (χ0v) is 9.80. The minimum atomic E-state index is 0.000139. The number of nitrogens with one attached hydrogen (secondary N) is 2. The molecule has 1 rings (SSSR count). The van der Waals surface area contributed by atoms with E-state index >= 15 is 0 Å². The van der Waals surface area contributed by atoms with Crippen molar-refractivity contribution in [1.82, 2.24) is 15.3 Å². The van der Waals surface area contributed by atoms with Gasteiger partial charge in [-0.15, -0.1) is 0 Å². The van der Waals surface area contributed by atoms with E-state index in [0.717, 1.165) is 30.8 Å². The van der Waals surface area contributed by atoms with Gasteiger partial charge in [0.05, 0.1) is 12.0 Å². The van der Waals surface area contributed by atoms with Crippen LogP contribution in [0.5, 0.6) is 0 Å². The Hall–Kier alpha value is -0.870. The fourth-order valence-electron chi connectivity index (χ4n) is 1.50. The van der Waals surface area contributed by atoms with E-state index in [2.05, 4.69) is 29.1 Å². The lowest BCUT2D eigenvalue weighted by molar-refractivity contribution is 0.214. The molecule has 0 aromatic carbocycles. The van der Waals surface area contributed by atoms with E-state index in [1.165, 1.54) is 0 Å². The number of aliphatic hydroxyl groups is 1. The van der Waals surface area contributed by atoms with Crippen LogP contribution in [0.2, 0.25) is 0 Å². The molecule has 1 atom stereocenters. The largest absolute Gasteiger partial charge is 0.396 e. The van der Waals surface area contributed by atoms with Crippen molar-refractivity contribution in [3.8, 4) is 0 Å². The highest BCUT2D eigenvalue weighted by molar-refractivity contribution is 5.08. The molecule has 0 bridgehead atoms. The molecule has 0 saturated heterocycles. The predicted octanol–water partition coefficient (Wildman–Crippen LogP) is 1.36. The lowest BCUT2D eigenvalue weighted by Gasteiger charge is -2.28. The molecule has 4 nitrogen and oxygen atoms in total. The summed E-state index contributed by atoms with van der Waals surface area (Å²) in [6, 6.07) is 0. The second kappa shape index (κ2) is 5.28. The van der Waals surface area contributed by atoms with E-state index in [-0.39, 0.29) is 12.1 Å². The third-order valence-corrected chi connectivity index (χ3v) is 3.06. The quantitative estimate of drug-likeness (QED) is 0.666. The molecular formula is C11H21N3O. The maximum atomic E-state index is 8.98. The summed E-state index contributed by atoms with van der Waals surface area (Å²) < 4.78 is 0. The molecule has 86 valence electrons. The number of aromatic nitrogens is 2. The van der Waals surface area contributed by atoms with Crippen molar-refractivity contribution in [2.24, 2.45) is 0 Å². The summed E-state index contributed by atoms with van der Waals surface area (Å²) in [5, 5.41) is 12.4. The molecule has 1 heterocycles. The summed E-state index contributed by atoms with van der Waals surface area (Å²) in [7, 11) is 0. The van der Waals surface area contributed by atoms with Crippen LogP contribution in [0.1, 0.15) is 38.1 Å². The van der Waals surface area contributed by atoms with Crippen LogP contribution in [0.4, 0.5) is 0 Å². The highest BCUT2D eigenvalue weighted by Gasteiger charge is 2.20. The first kappa shape index (κ1) is 12.2. The molecule has 0 saturated carbocycles. The molecule has 0 aliphatic heterocycles. The maximum Gasteiger partial charge on any atom is 0.0925 e. The zero-order chi connectivity index (χ0) is 11.3. The van der Waals surface area contributed by atoms with Crippen LogP contribution in [0.25, 0.3) is 0 Å². The molecule has 1 aromatic rings. The summed E-state index contributed by atoms with van der Waals surface area (Å²) in [6.07, 6.45) is 3.48. The Balaban J connectivity index is 2.51. The standard InChI is InChI=1S/C11H21N3O/c1-4-11(3,5-6-15)14-7-10-9(2)12-8-13-10/h8,14-15H,4-7H2,1-3H3,(H,12,13). The number of aryl methyl sites for hydroxylation is 1. The van der Waals surface area contributed by atoms with Crippen molar-refractivity contribution >= 4 is 0 Å². The first-order valence-corrected chi connectivity index (χ1v) is 5.46. The molecule has 0 aliphatic rings. The molecule has 4 heteroatoms. The number of aromatic amines is 1. The van der Waals surface area contributed by atoms with Crippen LogP contribution in [-0.4, -0.2) is 27.2 Å². The average molecular weight is 211 g/mol. The van der Waals surface area contributed by atoms with Crippen LogP contribution in [0.15, 0.2) is 6.33 Å². The normalized spacial score (nSPS) is 15.2. The second-order valence-electron chi connectivity index (χ2n) is 4.22. The lowest BCUT2D eigenvalue weighted by atomic mass is 9.95. The third-order valence-electron chi connectivity index (χ3n) is 3.06. The Bertz CT molecular complexity index is 298. The number of hydrogen-bond donors (Lipinski definition) is 3. The molecular weight excluding hydrogens is 190 g/mol. The van der Waals surface area contributed by atoms with Gasteiger partial charge in [0.1, 0.15) is 0 Å². The SMILES string of the molecule is CCC(C)(CCO)NCc1nc[nH]c1C. The number of hydrogen-bond acceptors (Lipinski definition) is 3. The predicted molar refractivity (Wildman–Crippen MR) is 60.6 cm³/mol. The summed E-state index contributed by atoms with van der Waals surface area (Å²) in [4.78, 5) is 7.29. The fraction of sp³-hybridized carbons (Fsp3) is 0.727. The summed E-state index contributed by atoms with van der Waals surface area (Å²) >= 11 is 0. The Morgan fingerprint density at radius 3 is 2.80 bits per heavy atom. The van der Waals surface area contributed by atoms with Crippen molar-refractivity contribution < 1.29 is 5.11 Å². The Morgan fingerprint density at radius 1 is 1.60 bits per heavy atom. The topological polar surface area (TPSA) is 60.9 Å². The van der Waals surface area contributed by atoms with Gasteiger partial charge >= 0.3 is 0 Å². The molecule has 1 aromatic heterocycles. The van der Waals surface area contributed by atoms with Crippen LogP contribution in [-0.2, 0) is 6.54 Å². The minimum absolute atomic E-state index is 0.000139. The minimum Gasteiger partial charge on any atom is -0.396 e. The van der Waals surface area contributed by atoms with Crippen molar-refractivity contribution in [1.29, 1.82) is 0 Å². The third kappa shape index (κ3) is 3.32. The van der Waals surface area contributed by atoms with E-state index in [1.807, 2.05) is 6.92 Å². The van der Waals surface area contributed by atoms with Gasteiger partial charge in [-0.05, 0) is 26.7 Å². The van der Waals surface area contributed by atoms with Gasteiger partial charge in [-0.2, -0.15) is 0 Å². The average Bonchev–Trinajstić information content (AvgIpc) is 2.62. The maximum absolute atomic E-state index is 8.98. The highest BCUT2D eigenvalue weighted by Crippen LogP contribution is 2.14. The molecule has 0 aliphatic carbocycles. The van der Waals surface area contributed by atoms with Crippen LogP contribution in [0.3, 0.4) is 0 Å². The number of imidazole rings is 1. The van der Waals surface area contributed by atoms with Crippen LogP contribution in [0, 0.1) is 6.92 Å². The van der Waals surface area contributed by atoms with E-state index in [9.17, 15) is 0 Å². The first-order valence-electron chi connectivity index (χ1n) is 5.46. The number of aliphatic hydroxyl groups excluding tert-OH is 1. The Labute approximate surface area is 91.1 Å². The fourth-order valence-corrected chi connectivity index (χ4v) is 1.50. The van der Waals surface area contributed by atoms with Crippen molar-refractivity contribution in [2.75, 3.05) is 6.61 Å². The Kier molecular flexibility index (Phi) is 4.29. The summed E-state index contributed by atoms with van der Waals surface area (Å²) in [5.74, 6) is 0. The van der Waals surface area contributed by atoms with Crippen LogP contribution < -0.4 is 5.32 Å². The van der Waals surface area contributed by atoms with Crippen LogP contribution >= 0.6 is 0 Å². The number of nitrogens with zero attached hydrogens (tertiary/aromatic N) is 1. The van der Waals surface area contributed by atoms with E-state index in [0.29, 0.717) is 0 Å². The lowest BCUT2D eigenvalue weighted by Crippen LogP contribution is -2.42. The molecule has 0 amide bonds. The summed E-state index contributed by atoms with van der Waals surface area (Å²) in [5.41, 5.74) is 2.15. The van der Waals surface area contributed by atoms with Gasteiger partial charge in [-0.3, -0.25) is 0 Å². The second-order valence-corrected chi connectivity index (χ2v) is 4.22. The van der Waals surface area contributed by atoms with Gasteiger partial charge in [0, 0.05) is 24.4 Å². The van der Waals surface area contributed by atoms with Gasteiger partial charge in [0.15, 0.2) is 0 Å². The van der Waals surface area contributed by atoms with E-state index < -0.39 is 0 Å². The Morgan fingerprint density at radius 2 is 2.33 bits per heavy atom. The molecule has 0 fully saturated rings. The number of H-pyrrole nitrogens is 1. The van der Waals surface area contributed by atoms with Crippen molar-refractivity contribution in [3.63, 3.8) is 0 Å². The van der Waals surface area contributed by atoms with Gasteiger partial charge < -0.3 is 15.4 Å². The molecule has 15 heavy (non-hydrogen) atoms. The highest BCUT2D eigenvalue weighted by atomic mass is 16.3. The van der Waals surface area contributed by atoms with Gasteiger partial charge in [0.2, 0.25) is 0 Å².